The maximum absolute atomic E-state index is 8.14. The summed E-state index contributed by atoms with van der Waals surface area (Å²) < 4.78 is 1.74. The Morgan fingerprint density at radius 1 is 1.44 bits per heavy atom. The van der Waals surface area contributed by atoms with Crippen molar-refractivity contribution in [2.45, 2.75) is 0 Å². The normalized spacial score (nSPS) is 8.33. The molecule has 1 aromatic rings. The molecule has 0 aromatic carbocycles. The van der Waals surface area contributed by atoms with E-state index < -0.39 is 0 Å². The van der Waals surface area contributed by atoms with E-state index in [1.165, 1.54) is 0 Å². The van der Waals surface area contributed by atoms with E-state index in [2.05, 4.69) is 5.43 Å². The van der Waals surface area contributed by atoms with Gasteiger partial charge in [0.15, 0.2) is 0 Å². The van der Waals surface area contributed by atoms with Gasteiger partial charge in [-0.25, -0.2) is 0 Å². The number of nitrogens with zero attached hydrogens (tertiary/aromatic N) is 2. The minimum absolute atomic E-state index is 0.342. The van der Waals surface area contributed by atoms with Crippen LogP contribution in [0.4, 0.5) is 0 Å². The average Bonchev–Trinajstić information content (AvgIpc) is 2.34. The van der Waals surface area contributed by atoms with Crippen LogP contribution in [0.15, 0.2) is 24.5 Å². The van der Waals surface area contributed by atoms with E-state index in [4.69, 9.17) is 5.26 Å². The molecule has 0 spiro atoms. The summed E-state index contributed by atoms with van der Waals surface area (Å²) in [6.45, 7) is 0.342. The lowest BCUT2D eigenvalue weighted by Gasteiger charge is -1.99. The lowest BCUT2D eigenvalue weighted by molar-refractivity contribution is 0.902. The van der Waals surface area contributed by atoms with Crippen LogP contribution in [0.2, 0.25) is 0 Å². The van der Waals surface area contributed by atoms with Crippen LogP contribution in [-0.4, -0.2) is 11.2 Å². The van der Waals surface area contributed by atoms with E-state index in [1.54, 1.807) is 4.68 Å². The van der Waals surface area contributed by atoms with Crippen LogP contribution >= 0.6 is 0 Å². The minimum Gasteiger partial charge on any atom is -0.312 e. The van der Waals surface area contributed by atoms with Crippen LogP contribution in [-0.2, 0) is 0 Å². The highest BCUT2D eigenvalue weighted by molar-refractivity contribution is 4.95. The Balaban J connectivity index is 2.41. The summed E-state index contributed by atoms with van der Waals surface area (Å²) in [5.41, 5.74) is 2.83. The topological polar surface area (TPSA) is 40.8 Å². The van der Waals surface area contributed by atoms with Crippen molar-refractivity contribution in [1.29, 1.82) is 5.26 Å². The molecule has 1 heterocycles. The molecule has 0 atom stereocenters. The number of rotatable bonds is 2. The molecule has 46 valence electrons. The van der Waals surface area contributed by atoms with Gasteiger partial charge in [-0.3, -0.25) is 4.68 Å². The number of nitriles is 1. The van der Waals surface area contributed by atoms with Gasteiger partial charge in [0.2, 0.25) is 0 Å². The van der Waals surface area contributed by atoms with Crippen LogP contribution in [0.5, 0.6) is 0 Å². The van der Waals surface area contributed by atoms with Crippen LogP contribution in [0.3, 0.4) is 0 Å². The first-order valence-corrected chi connectivity index (χ1v) is 2.67. The van der Waals surface area contributed by atoms with Gasteiger partial charge >= 0.3 is 0 Å². The maximum atomic E-state index is 8.14. The molecule has 9 heavy (non-hydrogen) atoms. The Morgan fingerprint density at radius 2 is 2.11 bits per heavy atom. The summed E-state index contributed by atoms with van der Waals surface area (Å²) in [5.74, 6) is 0. The van der Waals surface area contributed by atoms with Crippen molar-refractivity contribution in [2.24, 2.45) is 0 Å². The third-order valence-corrected chi connectivity index (χ3v) is 0.945. The van der Waals surface area contributed by atoms with Gasteiger partial charge in [-0.15, -0.1) is 0 Å². The van der Waals surface area contributed by atoms with Crippen molar-refractivity contribution in [3.63, 3.8) is 0 Å². The van der Waals surface area contributed by atoms with Gasteiger partial charge in [0.1, 0.15) is 6.54 Å². The lowest BCUT2D eigenvalue weighted by Crippen LogP contribution is -2.11. The highest BCUT2D eigenvalue weighted by Gasteiger charge is 1.80. The minimum atomic E-state index is 0.342. The second-order valence-electron chi connectivity index (χ2n) is 1.58. The van der Waals surface area contributed by atoms with E-state index in [9.17, 15) is 0 Å². The summed E-state index contributed by atoms with van der Waals surface area (Å²) in [4.78, 5) is 0. The Labute approximate surface area is 53.5 Å². The molecule has 0 aliphatic carbocycles. The van der Waals surface area contributed by atoms with E-state index >= 15 is 0 Å². The van der Waals surface area contributed by atoms with Crippen molar-refractivity contribution >= 4 is 0 Å². The highest BCUT2D eigenvalue weighted by atomic mass is 15.4. The third-order valence-electron chi connectivity index (χ3n) is 0.945. The maximum Gasteiger partial charge on any atom is 0.118 e. The first-order valence-electron chi connectivity index (χ1n) is 2.67. The van der Waals surface area contributed by atoms with Gasteiger partial charge in [-0.2, -0.15) is 5.26 Å². The Bertz CT molecular complexity index is 195. The van der Waals surface area contributed by atoms with Crippen molar-refractivity contribution in [3.05, 3.63) is 24.5 Å². The first-order chi connectivity index (χ1) is 4.43. The Morgan fingerprint density at radius 3 is 2.67 bits per heavy atom. The highest BCUT2D eigenvalue weighted by Crippen LogP contribution is 1.82. The van der Waals surface area contributed by atoms with E-state index in [-0.39, 0.29) is 0 Å². The number of nitrogens with one attached hydrogen (secondary N) is 1. The summed E-state index contributed by atoms with van der Waals surface area (Å²) in [6, 6.07) is 5.76. The van der Waals surface area contributed by atoms with E-state index in [0.29, 0.717) is 6.54 Å². The van der Waals surface area contributed by atoms with Crippen LogP contribution in [0.25, 0.3) is 0 Å². The van der Waals surface area contributed by atoms with Crippen molar-refractivity contribution in [3.8, 4) is 6.07 Å². The molecule has 0 amide bonds. The zero-order valence-electron chi connectivity index (χ0n) is 4.91. The smallest absolute Gasteiger partial charge is 0.118 e. The average molecular weight is 121 g/mol. The van der Waals surface area contributed by atoms with Gasteiger partial charge in [0, 0.05) is 12.4 Å². The van der Waals surface area contributed by atoms with Crippen LogP contribution in [0, 0.1) is 11.3 Å². The standard InChI is InChI=1S/C6H7N3/c7-3-4-8-9-5-1-2-6-9/h1-2,5-6,8H,4H2. The monoisotopic (exact) mass is 121 g/mol. The largest absolute Gasteiger partial charge is 0.312 e. The second-order valence-corrected chi connectivity index (χ2v) is 1.58. The zero-order chi connectivity index (χ0) is 6.53. The Hall–Kier alpha value is -1.43. The zero-order valence-corrected chi connectivity index (χ0v) is 4.91. The molecular formula is C6H7N3. The third kappa shape index (κ3) is 1.50. The van der Waals surface area contributed by atoms with Crippen LogP contribution in [0.1, 0.15) is 0 Å². The molecule has 1 N–H and O–H groups in total. The number of aromatic nitrogens is 1. The fourth-order valence-electron chi connectivity index (χ4n) is 0.567. The molecule has 0 fully saturated rings. The molecule has 0 aliphatic rings. The van der Waals surface area contributed by atoms with Gasteiger partial charge in [0.25, 0.3) is 0 Å². The molecule has 1 aromatic heterocycles. The predicted molar refractivity (Wildman–Crippen MR) is 34.3 cm³/mol. The predicted octanol–water partition coefficient (Wildman–Crippen LogP) is 0.555. The SMILES string of the molecule is N#CCNn1cccc1. The molecule has 0 radical (unpaired) electrons. The van der Waals surface area contributed by atoms with E-state index in [1.807, 2.05) is 30.6 Å². The number of hydrogen-bond donors (Lipinski definition) is 1. The van der Waals surface area contributed by atoms with Crippen molar-refractivity contribution in [1.82, 2.24) is 4.68 Å². The van der Waals surface area contributed by atoms with Crippen molar-refractivity contribution < 1.29 is 0 Å². The summed E-state index contributed by atoms with van der Waals surface area (Å²) in [6.07, 6.45) is 3.69. The van der Waals surface area contributed by atoms with E-state index in [0.717, 1.165) is 0 Å². The van der Waals surface area contributed by atoms with Gasteiger partial charge in [-0.05, 0) is 12.1 Å². The fourth-order valence-corrected chi connectivity index (χ4v) is 0.567. The molecule has 3 heteroatoms. The molecule has 1 rings (SSSR count). The molecule has 0 bridgehead atoms. The van der Waals surface area contributed by atoms with Gasteiger partial charge in [-0.1, -0.05) is 0 Å². The summed E-state index contributed by atoms with van der Waals surface area (Å²) >= 11 is 0. The number of hydrogen-bond acceptors (Lipinski definition) is 2. The first kappa shape index (κ1) is 5.70. The molecule has 0 saturated heterocycles. The van der Waals surface area contributed by atoms with Gasteiger partial charge < -0.3 is 5.43 Å². The van der Waals surface area contributed by atoms with Crippen molar-refractivity contribution in [2.75, 3.05) is 12.0 Å². The second kappa shape index (κ2) is 2.78. The molecule has 0 unspecified atom stereocenters. The quantitative estimate of drug-likeness (QED) is 0.580. The van der Waals surface area contributed by atoms with Gasteiger partial charge in [0.05, 0.1) is 6.07 Å². The molecular weight excluding hydrogens is 114 g/mol. The summed E-state index contributed by atoms with van der Waals surface area (Å²) in [7, 11) is 0. The van der Waals surface area contributed by atoms with Crippen LogP contribution < -0.4 is 5.43 Å². The molecule has 0 aliphatic heterocycles. The summed E-state index contributed by atoms with van der Waals surface area (Å²) in [5, 5.41) is 8.14. The fraction of sp³-hybridized carbons (Fsp3) is 0.167. The lowest BCUT2D eigenvalue weighted by atomic mass is 10.7. The Kier molecular flexibility index (Phi) is 1.76. The molecule has 0 saturated carbocycles. The molecule has 3 nitrogen and oxygen atoms in total.